The average Bonchev–Trinajstić information content (AvgIpc) is 2.98. The minimum Gasteiger partial charge on any atom is -0.312 e. The number of likely N-dealkylation sites (tertiary alicyclic amines) is 1. The lowest BCUT2D eigenvalue weighted by Crippen LogP contribution is -2.49. The highest BCUT2D eigenvalue weighted by Gasteiger charge is 2.31. The Bertz CT molecular complexity index is 460. The van der Waals surface area contributed by atoms with Gasteiger partial charge in [-0.2, -0.15) is 0 Å². The fourth-order valence-corrected chi connectivity index (χ4v) is 3.99. The quantitative estimate of drug-likeness (QED) is 0.902. The van der Waals surface area contributed by atoms with Crippen LogP contribution in [0.5, 0.6) is 0 Å². The second kappa shape index (κ2) is 6.54. The third kappa shape index (κ3) is 3.07. The summed E-state index contributed by atoms with van der Waals surface area (Å²) in [6, 6.07) is 6.59. The molecule has 0 radical (unpaired) electrons. The second-order valence-electron chi connectivity index (χ2n) is 5.95. The molecule has 2 heterocycles. The zero-order chi connectivity index (χ0) is 13.9. The van der Waals surface area contributed by atoms with Crippen LogP contribution in [0.4, 0.5) is 4.39 Å². The molecule has 20 heavy (non-hydrogen) atoms. The van der Waals surface area contributed by atoms with E-state index in [1.807, 2.05) is 12.1 Å². The van der Waals surface area contributed by atoms with Gasteiger partial charge in [0.1, 0.15) is 5.82 Å². The summed E-state index contributed by atoms with van der Waals surface area (Å²) in [5.41, 5.74) is 1.06. The topological polar surface area (TPSA) is 15.3 Å². The van der Waals surface area contributed by atoms with Crippen LogP contribution in [0.2, 0.25) is 0 Å². The molecule has 1 aromatic carbocycles. The maximum absolute atomic E-state index is 13.7. The first-order valence-corrected chi connectivity index (χ1v) is 8.45. The van der Waals surface area contributed by atoms with Crippen molar-refractivity contribution in [3.63, 3.8) is 0 Å². The van der Waals surface area contributed by atoms with Gasteiger partial charge in [-0.25, -0.2) is 4.39 Å². The van der Waals surface area contributed by atoms with Gasteiger partial charge in [-0.1, -0.05) is 18.6 Å². The van der Waals surface area contributed by atoms with Crippen molar-refractivity contribution >= 4 is 15.9 Å². The number of halogens is 2. The van der Waals surface area contributed by atoms with Gasteiger partial charge in [0.05, 0.1) is 4.47 Å². The first kappa shape index (κ1) is 14.5. The molecule has 2 fully saturated rings. The maximum atomic E-state index is 13.7. The van der Waals surface area contributed by atoms with Crippen molar-refractivity contribution in [2.24, 2.45) is 0 Å². The van der Waals surface area contributed by atoms with E-state index in [4.69, 9.17) is 0 Å². The molecule has 2 aliphatic heterocycles. The molecule has 0 aromatic heterocycles. The predicted octanol–water partition coefficient (Wildman–Crippen LogP) is 3.69. The van der Waals surface area contributed by atoms with Crippen LogP contribution in [0, 0.1) is 5.82 Å². The van der Waals surface area contributed by atoms with Gasteiger partial charge in [0.2, 0.25) is 0 Å². The summed E-state index contributed by atoms with van der Waals surface area (Å²) in [6.45, 7) is 3.13. The van der Waals surface area contributed by atoms with Gasteiger partial charge in [0.25, 0.3) is 0 Å². The van der Waals surface area contributed by atoms with Gasteiger partial charge in [-0.3, -0.25) is 4.90 Å². The van der Waals surface area contributed by atoms with Crippen LogP contribution in [-0.4, -0.2) is 30.1 Å². The molecule has 0 aliphatic carbocycles. The van der Waals surface area contributed by atoms with Gasteiger partial charge < -0.3 is 5.32 Å². The van der Waals surface area contributed by atoms with Gasteiger partial charge >= 0.3 is 0 Å². The third-order valence-corrected chi connectivity index (χ3v) is 5.52. The van der Waals surface area contributed by atoms with Crippen LogP contribution >= 0.6 is 15.9 Å². The standard InChI is InChI=1S/C16H22BrFN2/c17-16-12(5-3-6-13(16)18)11-20-10-2-1-8-15(20)14-7-4-9-19-14/h3,5-6,14-15,19H,1-2,4,7-11H2. The molecule has 4 heteroatoms. The van der Waals surface area contributed by atoms with Crippen molar-refractivity contribution in [2.75, 3.05) is 13.1 Å². The molecule has 0 saturated carbocycles. The number of benzene rings is 1. The predicted molar refractivity (Wildman–Crippen MR) is 83.2 cm³/mol. The highest BCUT2D eigenvalue weighted by molar-refractivity contribution is 9.10. The second-order valence-corrected chi connectivity index (χ2v) is 6.74. The molecule has 1 N–H and O–H groups in total. The SMILES string of the molecule is Fc1cccc(CN2CCCCC2C2CCCN2)c1Br. The lowest BCUT2D eigenvalue weighted by Gasteiger charge is -2.39. The van der Waals surface area contributed by atoms with Gasteiger partial charge in [0.15, 0.2) is 0 Å². The fraction of sp³-hybridized carbons (Fsp3) is 0.625. The van der Waals surface area contributed by atoms with Crippen molar-refractivity contribution in [1.29, 1.82) is 0 Å². The molecule has 0 spiro atoms. The van der Waals surface area contributed by atoms with E-state index in [-0.39, 0.29) is 5.82 Å². The molecule has 0 bridgehead atoms. The summed E-state index contributed by atoms with van der Waals surface area (Å²) in [7, 11) is 0. The minimum absolute atomic E-state index is 0.157. The average molecular weight is 341 g/mol. The Morgan fingerprint density at radius 1 is 1.25 bits per heavy atom. The largest absolute Gasteiger partial charge is 0.312 e. The van der Waals surface area contributed by atoms with Crippen molar-refractivity contribution in [3.05, 3.63) is 34.1 Å². The Hall–Kier alpha value is -0.450. The number of piperidine rings is 1. The van der Waals surface area contributed by atoms with E-state index in [1.165, 1.54) is 38.2 Å². The van der Waals surface area contributed by atoms with Crippen LogP contribution < -0.4 is 5.32 Å². The Morgan fingerprint density at radius 3 is 2.95 bits per heavy atom. The van der Waals surface area contributed by atoms with E-state index in [0.29, 0.717) is 16.6 Å². The number of nitrogens with zero attached hydrogens (tertiary/aromatic N) is 1. The molecule has 110 valence electrons. The minimum atomic E-state index is -0.157. The summed E-state index contributed by atoms with van der Waals surface area (Å²) < 4.78 is 14.3. The molecule has 2 unspecified atom stereocenters. The first-order chi connectivity index (χ1) is 9.75. The summed E-state index contributed by atoms with van der Waals surface area (Å²) in [5, 5.41) is 3.64. The van der Waals surface area contributed by atoms with E-state index in [9.17, 15) is 4.39 Å². The number of hydrogen-bond donors (Lipinski definition) is 1. The Labute approximate surface area is 128 Å². The summed E-state index contributed by atoms with van der Waals surface area (Å²) >= 11 is 3.39. The van der Waals surface area contributed by atoms with Crippen molar-refractivity contribution in [2.45, 2.75) is 50.7 Å². The van der Waals surface area contributed by atoms with Crippen LogP contribution in [-0.2, 0) is 6.54 Å². The number of rotatable bonds is 3. The van der Waals surface area contributed by atoms with Crippen LogP contribution in [0.3, 0.4) is 0 Å². The summed E-state index contributed by atoms with van der Waals surface area (Å²) in [5.74, 6) is -0.157. The molecule has 1 aromatic rings. The molecular formula is C16H22BrFN2. The number of hydrogen-bond acceptors (Lipinski definition) is 2. The zero-order valence-electron chi connectivity index (χ0n) is 11.7. The smallest absolute Gasteiger partial charge is 0.137 e. The highest BCUT2D eigenvalue weighted by Crippen LogP contribution is 2.28. The van der Waals surface area contributed by atoms with E-state index < -0.39 is 0 Å². The lowest BCUT2D eigenvalue weighted by atomic mass is 9.94. The van der Waals surface area contributed by atoms with E-state index in [2.05, 4.69) is 26.1 Å². The summed E-state index contributed by atoms with van der Waals surface area (Å²) in [6.07, 6.45) is 6.43. The van der Waals surface area contributed by atoms with Gasteiger partial charge in [-0.15, -0.1) is 0 Å². The molecule has 2 nitrogen and oxygen atoms in total. The fourth-order valence-electron chi connectivity index (χ4n) is 3.60. The highest BCUT2D eigenvalue weighted by atomic mass is 79.9. The summed E-state index contributed by atoms with van der Waals surface area (Å²) in [4.78, 5) is 2.55. The Kier molecular flexibility index (Phi) is 4.74. The zero-order valence-corrected chi connectivity index (χ0v) is 13.3. The molecule has 0 amide bonds. The van der Waals surface area contributed by atoms with Gasteiger partial charge in [0, 0.05) is 18.6 Å². The van der Waals surface area contributed by atoms with E-state index >= 15 is 0 Å². The van der Waals surface area contributed by atoms with Crippen LogP contribution in [0.1, 0.15) is 37.7 Å². The monoisotopic (exact) mass is 340 g/mol. The van der Waals surface area contributed by atoms with E-state index in [1.54, 1.807) is 0 Å². The Balaban J connectivity index is 1.74. The molecule has 2 atom stereocenters. The molecule has 2 aliphatic rings. The van der Waals surface area contributed by atoms with Crippen molar-refractivity contribution < 1.29 is 4.39 Å². The normalized spacial score (nSPS) is 27.9. The Morgan fingerprint density at radius 2 is 2.15 bits per heavy atom. The van der Waals surface area contributed by atoms with Crippen molar-refractivity contribution in [3.8, 4) is 0 Å². The van der Waals surface area contributed by atoms with Crippen molar-refractivity contribution in [1.82, 2.24) is 10.2 Å². The lowest BCUT2D eigenvalue weighted by molar-refractivity contribution is 0.112. The first-order valence-electron chi connectivity index (χ1n) is 7.66. The van der Waals surface area contributed by atoms with Crippen LogP contribution in [0.25, 0.3) is 0 Å². The molecular weight excluding hydrogens is 319 g/mol. The van der Waals surface area contributed by atoms with Crippen LogP contribution in [0.15, 0.2) is 22.7 Å². The maximum Gasteiger partial charge on any atom is 0.137 e. The molecule has 2 saturated heterocycles. The van der Waals surface area contributed by atoms with E-state index in [0.717, 1.165) is 25.2 Å². The third-order valence-electron chi connectivity index (χ3n) is 4.63. The molecule has 3 rings (SSSR count). The number of nitrogens with one attached hydrogen (secondary N) is 1. The van der Waals surface area contributed by atoms with Gasteiger partial charge in [-0.05, 0) is 66.3 Å².